The van der Waals surface area contributed by atoms with Gasteiger partial charge in [-0.1, -0.05) is 97.8 Å². The number of unbranched alkanes of at least 4 members (excludes halogenated alkanes) is 11. The maximum absolute atomic E-state index is 12.0. The molecule has 1 amide bonds. The first-order valence-corrected chi connectivity index (χ1v) is 10.00. The van der Waals surface area contributed by atoms with Crippen molar-refractivity contribution in [3.63, 3.8) is 0 Å². The molecule has 0 rings (SSSR count). The van der Waals surface area contributed by atoms with E-state index >= 15 is 0 Å². The molecule has 0 bridgehead atoms. The van der Waals surface area contributed by atoms with Crippen molar-refractivity contribution in [1.82, 2.24) is 5.32 Å². The molecule has 0 saturated carbocycles. The minimum absolute atomic E-state index is 0.190. The Morgan fingerprint density at radius 2 is 1.18 bits per heavy atom. The lowest BCUT2D eigenvalue weighted by Gasteiger charge is -2.12. The zero-order valence-corrected chi connectivity index (χ0v) is 15.6. The highest BCUT2D eigenvalue weighted by atomic mass is 16.1. The zero-order valence-electron chi connectivity index (χ0n) is 15.6. The maximum Gasteiger partial charge on any atom is 0.222 e. The van der Waals surface area contributed by atoms with Gasteiger partial charge in [0.05, 0.1) is 0 Å². The van der Waals surface area contributed by atoms with Gasteiger partial charge < -0.3 is 5.32 Å². The fourth-order valence-corrected chi connectivity index (χ4v) is 2.83. The Morgan fingerprint density at radius 3 is 1.73 bits per heavy atom. The molecule has 2 heteroatoms. The SMILES string of the molecule is CCCCCCCCCC(C)C(=O)NCCCCCCCC. The van der Waals surface area contributed by atoms with Crippen LogP contribution in [-0.4, -0.2) is 12.5 Å². The summed E-state index contributed by atoms with van der Waals surface area (Å²) in [6, 6.07) is 0. The lowest BCUT2D eigenvalue weighted by molar-refractivity contribution is -0.124. The molecule has 0 aliphatic carbocycles. The quantitative estimate of drug-likeness (QED) is 0.336. The Balaban J connectivity index is 3.36. The second kappa shape index (κ2) is 16.8. The van der Waals surface area contributed by atoms with Gasteiger partial charge in [-0.15, -0.1) is 0 Å². The maximum atomic E-state index is 12.0. The third-order valence-electron chi connectivity index (χ3n) is 4.52. The molecule has 0 heterocycles. The van der Waals surface area contributed by atoms with Crippen molar-refractivity contribution in [3.8, 4) is 0 Å². The second-order valence-corrected chi connectivity index (χ2v) is 6.87. The highest BCUT2D eigenvalue weighted by Gasteiger charge is 2.11. The molecule has 0 saturated heterocycles. The summed E-state index contributed by atoms with van der Waals surface area (Å²) in [6.07, 6.45) is 18.0. The summed E-state index contributed by atoms with van der Waals surface area (Å²) in [5.74, 6) is 0.454. The average molecular weight is 312 g/mol. The second-order valence-electron chi connectivity index (χ2n) is 6.87. The summed E-state index contributed by atoms with van der Waals surface area (Å²) in [6.45, 7) is 7.44. The largest absolute Gasteiger partial charge is 0.356 e. The molecule has 0 aliphatic rings. The van der Waals surface area contributed by atoms with Crippen LogP contribution in [0, 0.1) is 5.92 Å². The van der Waals surface area contributed by atoms with Crippen molar-refractivity contribution in [2.45, 2.75) is 111 Å². The minimum Gasteiger partial charge on any atom is -0.356 e. The van der Waals surface area contributed by atoms with Crippen molar-refractivity contribution in [1.29, 1.82) is 0 Å². The monoisotopic (exact) mass is 311 g/mol. The predicted molar refractivity (Wildman–Crippen MR) is 98.2 cm³/mol. The Morgan fingerprint density at radius 1 is 0.727 bits per heavy atom. The number of carbonyl (C=O) groups excluding carboxylic acids is 1. The van der Waals surface area contributed by atoms with Gasteiger partial charge in [-0.3, -0.25) is 4.79 Å². The first kappa shape index (κ1) is 21.5. The molecule has 1 N–H and O–H groups in total. The molecule has 0 fully saturated rings. The molecule has 0 spiro atoms. The van der Waals surface area contributed by atoms with Crippen LogP contribution in [-0.2, 0) is 4.79 Å². The molecule has 0 aromatic heterocycles. The van der Waals surface area contributed by atoms with Crippen LogP contribution in [0.25, 0.3) is 0 Å². The highest BCUT2D eigenvalue weighted by Crippen LogP contribution is 2.13. The van der Waals surface area contributed by atoms with Crippen molar-refractivity contribution in [2.24, 2.45) is 5.92 Å². The molecule has 1 atom stereocenters. The van der Waals surface area contributed by atoms with E-state index in [1.165, 1.54) is 77.0 Å². The van der Waals surface area contributed by atoms with E-state index < -0.39 is 0 Å². The van der Waals surface area contributed by atoms with Crippen LogP contribution in [0.5, 0.6) is 0 Å². The lowest BCUT2D eigenvalue weighted by atomic mass is 10.0. The van der Waals surface area contributed by atoms with Crippen molar-refractivity contribution >= 4 is 5.91 Å². The third kappa shape index (κ3) is 14.4. The van der Waals surface area contributed by atoms with E-state index in [-0.39, 0.29) is 11.8 Å². The smallest absolute Gasteiger partial charge is 0.222 e. The number of amides is 1. The molecular weight excluding hydrogens is 270 g/mol. The molecular formula is C20H41NO. The van der Waals surface area contributed by atoms with Crippen molar-refractivity contribution in [2.75, 3.05) is 6.54 Å². The van der Waals surface area contributed by atoms with Crippen LogP contribution in [0.3, 0.4) is 0 Å². The zero-order chi connectivity index (χ0) is 16.5. The summed E-state index contributed by atoms with van der Waals surface area (Å²) < 4.78 is 0. The number of hydrogen-bond acceptors (Lipinski definition) is 1. The van der Waals surface area contributed by atoms with Gasteiger partial charge in [-0.2, -0.15) is 0 Å². The van der Waals surface area contributed by atoms with Gasteiger partial charge in [-0.25, -0.2) is 0 Å². The molecule has 1 unspecified atom stereocenters. The number of carbonyl (C=O) groups is 1. The van der Waals surface area contributed by atoms with E-state index in [9.17, 15) is 4.79 Å². The summed E-state index contributed by atoms with van der Waals surface area (Å²) in [5, 5.41) is 3.10. The topological polar surface area (TPSA) is 29.1 Å². The van der Waals surface area contributed by atoms with Gasteiger partial charge in [-0.05, 0) is 12.8 Å². The van der Waals surface area contributed by atoms with Crippen LogP contribution < -0.4 is 5.32 Å². The van der Waals surface area contributed by atoms with E-state index in [1.54, 1.807) is 0 Å². The summed E-state index contributed by atoms with van der Waals surface area (Å²) >= 11 is 0. The number of nitrogens with one attached hydrogen (secondary N) is 1. The molecule has 0 radical (unpaired) electrons. The van der Waals surface area contributed by atoms with Crippen molar-refractivity contribution < 1.29 is 4.79 Å². The Kier molecular flexibility index (Phi) is 16.4. The highest BCUT2D eigenvalue weighted by molar-refractivity contribution is 5.78. The van der Waals surface area contributed by atoms with Gasteiger partial charge in [0.15, 0.2) is 0 Å². The first-order chi connectivity index (χ1) is 10.7. The molecule has 132 valence electrons. The standard InChI is InChI=1S/C20H41NO/c1-4-6-8-10-12-13-15-17-19(3)20(22)21-18-16-14-11-9-7-5-2/h19H,4-18H2,1-3H3,(H,21,22). The van der Waals surface area contributed by atoms with Crippen LogP contribution >= 0.6 is 0 Å². The fourth-order valence-electron chi connectivity index (χ4n) is 2.83. The molecule has 0 aliphatic heterocycles. The number of rotatable bonds is 16. The Hall–Kier alpha value is -0.530. The molecule has 2 nitrogen and oxygen atoms in total. The normalized spacial score (nSPS) is 12.3. The van der Waals surface area contributed by atoms with Crippen LogP contribution in [0.1, 0.15) is 111 Å². The van der Waals surface area contributed by atoms with Gasteiger partial charge in [0.1, 0.15) is 0 Å². The first-order valence-electron chi connectivity index (χ1n) is 10.00. The predicted octanol–water partition coefficient (Wildman–Crippen LogP) is 6.24. The van der Waals surface area contributed by atoms with E-state index in [0.717, 1.165) is 19.4 Å². The number of hydrogen-bond donors (Lipinski definition) is 1. The summed E-state index contributed by atoms with van der Waals surface area (Å²) in [7, 11) is 0. The third-order valence-corrected chi connectivity index (χ3v) is 4.52. The average Bonchev–Trinajstić information content (AvgIpc) is 2.52. The van der Waals surface area contributed by atoms with Gasteiger partial charge in [0.2, 0.25) is 5.91 Å². The minimum atomic E-state index is 0.190. The Labute approximate surface area is 139 Å². The van der Waals surface area contributed by atoms with Gasteiger partial charge >= 0.3 is 0 Å². The fraction of sp³-hybridized carbons (Fsp3) is 0.950. The van der Waals surface area contributed by atoms with Crippen LogP contribution in [0.15, 0.2) is 0 Å². The lowest BCUT2D eigenvalue weighted by Crippen LogP contribution is -2.30. The van der Waals surface area contributed by atoms with Crippen LogP contribution in [0.2, 0.25) is 0 Å². The summed E-state index contributed by atoms with van der Waals surface area (Å²) in [4.78, 5) is 12.0. The van der Waals surface area contributed by atoms with E-state index in [0.29, 0.717) is 0 Å². The van der Waals surface area contributed by atoms with Crippen molar-refractivity contribution in [3.05, 3.63) is 0 Å². The summed E-state index contributed by atoms with van der Waals surface area (Å²) in [5.41, 5.74) is 0. The molecule has 0 aromatic rings. The van der Waals surface area contributed by atoms with E-state index in [4.69, 9.17) is 0 Å². The molecule has 22 heavy (non-hydrogen) atoms. The van der Waals surface area contributed by atoms with E-state index in [2.05, 4.69) is 26.1 Å². The van der Waals surface area contributed by atoms with Gasteiger partial charge in [0, 0.05) is 12.5 Å². The van der Waals surface area contributed by atoms with Gasteiger partial charge in [0.25, 0.3) is 0 Å². The van der Waals surface area contributed by atoms with Crippen LogP contribution in [0.4, 0.5) is 0 Å². The molecule has 0 aromatic carbocycles. The van der Waals surface area contributed by atoms with E-state index in [1.807, 2.05) is 0 Å². The Bertz CT molecular complexity index is 240.